The zero-order chi connectivity index (χ0) is 15.6. The maximum absolute atomic E-state index is 12.2. The van der Waals surface area contributed by atoms with Gasteiger partial charge >= 0.3 is 0 Å². The van der Waals surface area contributed by atoms with Crippen molar-refractivity contribution in [2.45, 2.75) is 17.3 Å². The number of aromatic nitrogens is 4. The van der Waals surface area contributed by atoms with E-state index in [1.54, 1.807) is 14.0 Å². The molecular formula is C11H12Cl2N6OS. The summed E-state index contributed by atoms with van der Waals surface area (Å²) in [4.78, 5) is 12.2. The summed E-state index contributed by atoms with van der Waals surface area (Å²) in [5, 5.41) is 14.4. The van der Waals surface area contributed by atoms with Crippen LogP contribution in [-0.4, -0.2) is 31.4 Å². The van der Waals surface area contributed by atoms with Crippen LogP contribution in [0.4, 0.5) is 11.4 Å². The first-order valence-electron chi connectivity index (χ1n) is 5.83. The molecule has 0 saturated carbocycles. The van der Waals surface area contributed by atoms with E-state index in [9.17, 15) is 4.79 Å². The molecule has 0 spiro atoms. The fraction of sp³-hybridized carbons (Fsp3) is 0.273. The van der Waals surface area contributed by atoms with Gasteiger partial charge in [0.25, 0.3) is 0 Å². The largest absolute Gasteiger partial charge is 0.399 e. The fourth-order valence-corrected chi connectivity index (χ4v) is 2.82. The van der Waals surface area contributed by atoms with Gasteiger partial charge in [0.2, 0.25) is 11.1 Å². The molecule has 2 aromatic rings. The Balaban J connectivity index is 2.09. The Labute approximate surface area is 135 Å². The molecule has 0 fully saturated rings. The minimum atomic E-state index is -0.431. The van der Waals surface area contributed by atoms with Crippen molar-refractivity contribution in [1.82, 2.24) is 20.2 Å². The summed E-state index contributed by atoms with van der Waals surface area (Å²) in [6, 6.07) is 3.04. The summed E-state index contributed by atoms with van der Waals surface area (Å²) in [5.74, 6) is -0.267. The molecule has 1 atom stereocenters. The number of nitrogens with one attached hydrogen (secondary N) is 1. The van der Waals surface area contributed by atoms with Crippen LogP contribution in [0.3, 0.4) is 0 Å². The lowest BCUT2D eigenvalue weighted by molar-refractivity contribution is -0.115. The Morgan fingerprint density at radius 2 is 2.05 bits per heavy atom. The fourth-order valence-electron chi connectivity index (χ4n) is 1.47. The number of nitrogens with two attached hydrogens (primary N) is 1. The van der Waals surface area contributed by atoms with E-state index in [1.165, 1.54) is 28.6 Å². The number of halogens is 2. The number of aryl methyl sites for hydroxylation is 1. The normalized spacial score (nSPS) is 12.2. The van der Waals surface area contributed by atoms with Crippen LogP contribution in [0.1, 0.15) is 6.92 Å². The van der Waals surface area contributed by atoms with Crippen LogP contribution >= 0.6 is 35.0 Å². The van der Waals surface area contributed by atoms with Gasteiger partial charge in [-0.25, -0.2) is 4.68 Å². The molecule has 2 rings (SSSR count). The third-order valence-corrected chi connectivity index (χ3v) is 4.27. The van der Waals surface area contributed by atoms with Crippen LogP contribution in [0.15, 0.2) is 17.3 Å². The minimum absolute atomic E-state index is 0.267. The lowest BCUT2D eigenvalue weighted by Gasteiger charge is -2.13. The highest BCUT2D eigenvalue weighted by Crippen LogP contribution is 2.33. The van der Waals surface area contributed by atoms with Crippen molar-refractivity contribution in [3.63, 3.8) is 0 Å². The van der Waals surface area contributed by atoms with Crippen molar-refractivity contribution in [3.8, 4) is 0 Å². The summed E-state index contributed by atoms with van der Waals surface area (Å²) in [6.07, 6.45) is 0. The molecule has 0 bridgehead atoms. The van der Waals surface area contributed by atoms with Gasteiger partial charge in [-0.05, 0) is 29.5 Å². The Kier molecular flexibility index (Phi) is 4.92. The van der Waals surface area contributed by atoms with Crippen LogP contribution in [0.5, 0.6) is 0 Å². The van der Waals surface area contributed by atoms with Gasteiger partial charge in [0, 0.05) is 12.7 Å². The second kappa shape index (κ2) is 6.50. The van der Waals surface area contributed by atoms with Crippen LogP contribution in [0.25, 0.3) is 0 Å². The number of hydrogen-bond acceptors (Lipinski definition) is 6. The molecule has 0 radical (unpaired) electrons. The first-order valence-corrected chi connectivity index (χ1v) is 7.46. The van der Waals surface area contributed by atoms with Gasteiger partial charge in [-0.1, -0.05) is 35.0 Å². The predicted molar refractivity (Wildman–Crippen MR) is 83.6 cm³/mol. The smallest absolute Gasteiger partial charge is 0.237 e. The standard InChI is InChI=1S/C11H12Cl2N6OS/c1-5(21-11-16-17-18-19(11)2)10(20)15-9-7(12)3-6(14)4-8(9)13/h3-5H,14H2,1-2H3,(H,15,20). The number of hydrogen-bond donors (Lipinski definition) is 2. The van der Waals surface area contributed by atoms with Crippen molar-refractivity contribution < 1.29 is 4.79 Å². The van der Waals surface area contributed by atoms with Gasteiger partial charge < -0.3 is 11.1 Å². The molecule has 1 amide bonds. The van der Waals surface area contributed by atoms with Gasteiger partial charge in [-0.2, -0.15) is 0 Å². The molecule has 10 heteroatoms. The van der Waals surface area contributed by atoms with Crippen molar-refractivity contribution in [3.05, 3.63) is 22.2 Å². The van der Waals surface area contributed by atoms with E-state index in [0.29, 0.717) is 16.5 Å². The molecule has 0 saturated heterocycles. The van der Waals surface area contributed by atoms with Crippen molar-refractivity contribution in [1.29, 1.82) is 0 Å². The molecule has 0 aliphatic heterocycles. The van der Waals surface area contributed by atoms with Crippen molar-refractivity contribution in [2.24, 2.45) is 7.05 Å². The topological polar surface area (TPSA) is 98.7 Å². The molecule has 1 unspecified atom stereocenters. The van der Waals surface area contributed by atoms with E-state index in [4.69, 9.17) is 28.9 Å². The number of anilines is 2. The summed E-state index contributed by atoms with van der Waals surface area (Å²) in [7, 11) is 1.70. The number of thioether (sulfide) groups is 1. The monoisotopic (exact) mass is 346 g/mol. The van der Waals surface area contributed by atoms with Gasteiger partial charge in [0.1, 0.15) is 0 Å². The lowest BCUT2D eigenvalue weighted by Crippen LogP contribution is -2.23. The number of tetrazole rings is 1. The molecule has 0 aliphatic carbocycles. The quantitative estimate of drug-likeness (QED) is 0.650. The summed E-state index contributed by atoms with van der Waals surface area (Å²) >= 11 is 13.3. The number of carbonyl (C=O) groups excluding carboxylic acids is 1. The van der Waals surface area contributed by atoms with E-state index in [2.05, 4.69) is 20.8 Å². The average Bonchev–Trinajstić information content (AvgIpc) is 2.79. The van der Waals surface area contributed by atoms with Gasteiger partial charge in [-0.15, -0.1) is 5.10 Å². The Morgan fingerprint density at radius 1 is 1.43 bits per heavy atom. The van der Waals surface area contributed by atoms with Crippen LogP contribution in [-0.2, 0) is 11.8 Å². The minimum Gasteiger partial charge on any atom is -0.399 e. The van der Waals surface area contributed by atoms with E-state index >= 15 is 0 Å². The van der Waals surface area contributed by atoms with Crippen LogP contribution in [0.2, 0.25) is 10.0 Å². The predicted octanol–water partition coefficient (Wildman–Crippen LogP) is 2.22. The third kappa shape index (κ3) is 3.78. The van der Waals surface area contributed by atoms with Crippen molar-refractivity contribution >= 4 is 52.2 Å². The summed E-state index contributed by atoms with van der Waals surface area (Å²) in [6.45, 7) is 1.73. The first kappa shape index (κ1) is 15.9. The van der Waals surface area contributed by atoms with Gasteiger partial charge in [0.15, 0.2) is 0 Å². The number of carbonyl (C=O) groups is 1. The molecule has 112 valence electrons. The zero-order valence-electron chi connectivity index (χ0n) is 11.2. The summed E-state index contributed by atoms with van der Waals surface area (Å²) < 4.78 is 1.48. The molecule has 1 heterocycles. The van der Waals surface area contributed by atoms with E-state index in [1.807, 2.05) is 0 Å². The molecule has 21 heavy (non-hydrogen) atoms. The number of benzene rings is 1. The second-order valence-electron chi connectivity index (χ2n) is 4.19. The number of amides is 1. The third-order valence-electron chi connectivity index (χ3n) is 2.55. The Hall–Kier alpha value is -1.51. The van der Waals surface area contributed by atoms with Crippen LogP contribution in [0, 0.1) is 0 Å². The van der Waals surface area contributed by atoms with E-state index in [0.717, 1.165) is 0 Å². The lowest BCUT2D eigenvalue weighted by atomic mass is 10.2. The first-order chi connectivity index (χ1) is 9.88. The number of nitrogen functional groups attached to an aromatic ring is 1. The van der Waals surface area contributed by atoms with Gasteiger partial charge in [0.05, 0.1) is 21.0 Å². The highest BCUT2D eigenvalue weighted by molar-refractivity contribution is 8.00. The maximum Gasteiger partial charge on any atom is 0.237 e. The van der Waals surface area contributed by atoms with E-state index < -0.39 is 5.25 Å². The molecular weight excluding hydrogens is 335 g/mol. The Morgan fingerprint density at radius 3 is 2.57 bits per heavy atom. The number of nitrogens with zero attached hydrogens (tertiary/aromatic N) is 4. The molecule has 0 aliphatic rings. The highest BCUT2D eigenvalue weighted by Gasteiger charge is 2.20. The zero-order valence-corrected chi connectivity index (χ0v) is 13.5. The molecule has 7 nitrogen and oxygen atoms in total. The Bertz CT molecular complexity index is 653. The second-order valence-corrected chi connectivity index (χ2v) is 6.32. The highest BCUT2D eigenvalue weighted by atomic mass is 35.5. The van der Waals surface area contributed by atoms with Gasteiger partial charge in [-0.3, -0.25) is 4.79 Å². The average molecular weight is 347 g/mol. The SMILES string of the molecule is CC(Sc1nnnn1C)C(=O)Nc1c(Cl)cc(N)cc1Cl. The van der Waals surface area contributed by atoms with Crippen molar-refractivity contribution in [2.75, 3.05) is 11.1 Å². The van der Waals surface area contributed by atoms with Crippen LogP contribution < -0.4 is 11.1 Å². The van der Waals surface area contributed by atoms with E-state index in [-0.39, 0.29) is 16.0 Å². The molecule has 1 aromatic heterocycles. The summed E-state index contributed by atoms with van der Waals surface area (Å²) in [5.41, 5.74) is 6.38. The number of rotatable bonds is 4. The maximum atomic E-state index is 12.2. The molecule has 1 aromatic carbocycles. The molecule has 3 N–H and O–H groups in total.